The van der Waals surface area contributed by atoms with Gasteiger partial charge in [-0.3, -0.25) is 0 Å². The summed E-state index contributed by atoms with van der Waals surface area (Å²) in [7, 11) is 1.65. The minimum absolute atomic E-state index is 0.180. The standard InChI is InChI=1S/C11H12N6O2/c1-17-10(13)8(9(12)16-17)15-14-7-4-2-6(3-5-7)11(18)19/h2-5H,13H2,1H3,(H2,12,16)(H,18,19). The SMILES string of the molecule is Cn1nc(N)c(N=Nc2ccc(C(=O)O)cc2)c1N. The molecule has 0 aliphatic heterocycles. The number of nitrogens with two attached hydrogens (primary N) is 2. The highest BCUT2D eigenvalue weighted by molar-refractivity contribution is 5.87. The van der Waals surface area contributed by atoms with Gasteiger partial charge >= 0.3 is 5.97 Å². The van der Waals surface area contributed by atoms with Gasteiger partial charge in [0.15, 0.2) is 17.3 Å². The number of benzene rings is 1. The molecule has 0 saturated carbocycles. The molecule has 0 aliphatic carbocycles. The number of aromatic nitrogens is 2. The average Bonchev–Trinajstić information content (AvgIpc) is 2.62. The van der Waals surface area contributed by atoms with Crippen LogP contribution in [0.3, 0.4) is 0 Å². The molecule has 0 atom stereocenters. The molecule has 0 aliphatic rings. The van der Waals surface area contributed by atoms with Crippen LogP contribution in [0.2, 0.25) is 0 Å². The molecule has 1 heterocycles. The molecule has 0 amide bonds. The Balaban J connectivity index is 2.25. The van der Waals surface area contributed by atoms with Crippen molar-refractivity contribution >= 4 is 29.0 Å². The third-order valence-electron chi connectivity index (χ3n) is 2.47. The third kappa shape index (κ3) is 2.51. The van der Waals surface area contributed by atoms with Crippen LogP contribution in [0.15, 0.2) is 34.5 Å². The number of nitrogens with zero attached hydrogens (tertiary/aromatic N) is 4. The number of carboxylic acids is 1. The summed E-state index contributed by atoms with van der Waals surface area (Å²) < 4.78 is 1.40. The molecule has 1 aromatic heterocycles. The zero-order valence-electron chi connectivity index (χ0n) is 10.1. The number of rotatable bonds is 3. The Morgan fingerprint density at radius 2 is 1.89 bits per heavy atom. The van der Waals surface area contributed by atoms with E-state index in [-0.39, 0.29) is 11.4 Å². The Hall–Kier alpha value is -2.90. The Kier molecular flexibility index (Phi) is 3.15. The number of anilines is 2. The largest absolute Gasteiger partial charge is 0.478 e. The molecule has 5 N–H and O–H groups in total. The number of carbonyl (C=O) groups is 1. The van der Waals surface area contributed by atoms with Gasteiger partial charge in [0.25, 0.3) is 0 Å². The van der Waals surface area contributed by atoms with Crippen LogP contribution in [0.4, 0.5) is 23.0 Å². The first-order valence-electron chi connectivity index (χ1n) is 5.32. The van der Waals surface area contributed by atoms with E-state index in [1.807, 2.05) is 0 Å². The zero-order valence-corrected chi connectivity index (χ0v) is 10.1. The van der Waals surface area contributed by atoms with Gasteiger partial charge in [-0.25, -0.2) is 9.48 Å². The van der Waals surface area contributed by atoms with E-state index < -0.39 is 5.97 Å². The second kappa shape index (κ2) is 4.77. The van der Waals surface area contributed by atoms with Crippen LogP contribution in [-0.2, 0) is 7.05 Å². The highest BCUT2D eigenvalue weighted by Gasteiger charge is 2.10. The van der Waals surface area contributed by atoms with Crippen molar-refractivity contribution in [2.24, 2.45) is 17.3 Å². The third-order valence-corrected chi connectivity index (χ3v) is 2.47. The van der Waals surface area contributed by atoms with Gasteiger partial charge in [-0.05, 0) is 24.3 Å². The number of carboxylic acid groups (broad SMARTS) is 1. The summed E-state index contributed by atoms with van der Waals surface area (Å²) in [5.41, 5.74) is 12.3. The van der Waals surface area contributed by atoms with Gasteiger partial charge in [0, 0.05) is 7.05 Å². The first-order valence-corrected chi connectivity index (χ1v) is 5.32. The van der Waals surface area contributed by atoms with Crippen molar-refractivity contribution in [1.29, 1.82) is 0 Å². The zero-order chi connectivity index (χ0) is 14.0. The van der Waals surface area contributed by atoms with Gasteiger partial charge in [-0.1, -0.05) is 0 Å². The van der Waals surface area contributed by atoms with Crippen molar-refractivity contribution in [2.75, 3.05) is 11.5 Å². The molecule has 2 aromatic rings. The van der Waals surface area contributed by atoms with Crippen LogP contribution in [0, 0.1) is 0 Å². The van der Waals surface area contributed by atoms with E-state index in [0.717, 1.165) is 0 Å². The fourth-order valence-electron chi connectivity index (χ4n) is 1.43. The summed E-state index contributed by atoms with van der Waals surface area (Å²) in [4.78, 5) is 10.7. The van der Waals surface area contributed by atoms with Crippen molar-refractivity contribution in [1.82, 2.24) is 9.78 Å². The predicted octanol–water partition coefficient (Wildman–Crippen LogP) is 1.70. The fourth-order valence-corrected chi connectivity index (χ4v) is 1.43. The van der Waals surface area contributed by atoms with Crippen LogP contribution in [0.25, 0.3) is 0 Å². The number of azo groups is 1. The van der Waals surface area contributed by atoms with Crippen molar-refractivity contribution < 1.29 is 9.90 Å². The quantitative estimate of drug-likeness (QED) is 0.722. The minimum Gasteiger partial charge on any atom is -0.478 e. The lowest BCUT2D eigenvalue weighted by molar-refractivity contribution is 0.0697. The number of nitrogen functional groups attached to an aromatic ring is 2. The van der Waals surface area contributed by atoms with E-state index in [0.29, 0.717) is 17.2 Å². The Morgan fingerprint density at radius 3 is 2.37 bits per heavy atom. The summed E-state index contributed by atoms with van der Waals surface area (Å²) in [6, 6.07) is 5.95. The van der Waals surface area contributed by atoms with Gasteiger partial charge in [0.2, 0.25) is 0 Å². The van der Waals surface area contributed by atoms with Gasteiger partial charge < -0.3 is 16.6 Å². The van der Waals surface area contributed by atoms with E-state index in [1.54, 1.807) is 7.05 Å². The molecule has 2 rings (SSSR count). The molecule has 98 valence electrons. The summed E-state index contributed by atoms with van der Waals surface area (Å²) in [6.45, 7) is 0. The molecule has 8 heteroatoms. The normalized spacial score (nSPS) is 11.0. The molecular weight excluding hydrogens is 248 g/mol. The molecule has 0 fully saturated rings. The predicted molar refractivity (Wildman–Crippen MR) is 69.6 cm³/mol. The maximum Gasteiger partial charge on any atom is 0.335 e. The summed E-state index contributed by atoms with van der Waals surface area (Å²) in [5.74, 6) is -0.501. The monoisotopic (exact) mass is 260 g/mol. The van der Waals surface area contributed by atoms with Crippen LogP contribution >= 0.6 is 0 Å². The van der Waals surface area contributed by atoms with Crippen LogP contribution in [0.1, 0.15) is 10.4 Å². The molecular formula is C11H12N6O2. The molecule has 8 nitrogen and oxygen atoms in total. The highest BCUT2D eigenvalue weighted by Crippen LogP contribution is 2.29. The second-order valence-corrected chi connectivity index (χ2v) is 3.79. The summed E-state index contributed by atoms with van der Waals surface area (Å²) >= 11 is 0. The first-order chi connectivity index (χ1) is 8.99. The average molecular weight is 260 g/mol. The smallest absolute Gasteiger partial charge is 0.335 e. The number of hydrogen-bond donors (Lipinski definition) is 3. The molecule has 0 saturated heterocycles. The number of hydrogen-bond acceptors (Lipinski definition) is 6. The molecule has 0 bridgehead atoms. The fraction of sp³-hybridized carbons (Fsp3) is 0.0909. The van der Waals surface area contributed by atoms with E-state index in [1.165, 1.54) is 28.9 Å². The molecule has 0 unspecified atom stereocenters. The number of aromatic carboxylic acids is 1. The summed E-state index contributed by atoms with van der Waals surface area (Å²) in [5, 5.41) is 20.5. The summed E-state index contributed by atoms with van der Waals surface area (Å²) in [6.07, 6.45) is 0. The second-order valence-electron chi connectivity index (χ2n) is 3.79. The van der Waals surface area contributed by atoms with E-state index >= 15 is 0 Å². The number of aryl methyl sites for hydroxylation is 1. The van der Waals surface area contributed by atoms with Crippen molar-refractivity contribution in [3.63, 3.8) is 0 Å². The van der Waals surface area contributed by atoms with Gasteiger partial charge in [0.05, 0.1) is 11.3 Å². The maximum absolute atomic E-state index is 10.7. The van der Waals surface area contributed by atoms with Crippen LogP contribution in [-0.4, -0.2) is 20.9 Å². The van der Waals surface area contributed by atoms with E-state index in [9.17, 15) is 4.79 Å². The molecule has 0 spiro atoms. The van der Waals surface area contributed by atoms with Crippen molar-refractivity contribution in [2.45, 2.75) is 0 Å². The lowest BCUT2D eigenvalue weighted by atomic mass is 10.2. The van der Waals surface area contributed by atoms with Crippen LogP contribution < -0.4 is 11.5 Å². The highest BCUT2D eigenvalue weighted by atomic mass is 16.4. The maximum atomic E-state index is 10.7. The topological polar surface area (TPSA) is 132 Å². The van der Waals surface area contributed by atoms with Gasteiger partial charge in [-0.2, -0.15) is 10.2 Å². The van der Waals surface area contributed by atoms with Crippen LogP contribution in [0.5, 0.6) is 0 Å². The molecule has 0 radical (unpaired) electrons. The first kappa shape index (κ1) is 12.6. The molecule has 1 aromatic carbocycles. The van der Waals surface area contributed by atoms with E-state index in [4.69, 9.17) is 16.6 Å². The Labute approximate surface area is 108 Å². The molecule has 19 heavy (non-hydrogen) atoms. The van der Waals surface area contributed by atoms with Gasteiger partial charge in [-0.15, -0.1) is 5.11 Å². The van der Waals surface area contributed by atoms with Crippen molar-refractivity contribution in [3.8, 4) is 0 Å². The lowest BCUT2D eigenvalue weighted by Crippen LogP contribution is -1.97. The lowest BCUT2D eigenvalue weighted by Gasteiger charge is -1.95. The van der Waals surface area contributed by atoms with Gasteiger partial charge in [0.1, 0.15) is 0 Å². The Morgan fingerprint density at radius 1 is 1.26 bits per heavy atom. The van der Waals surface area contributed by atoms with E-state index in [2.05, 4.69) is 15.3 Å². The minimum atomic E-state index is -0.996. The Bertz CT molecular complexity index is 644. The van der Waals surface area contributed by atoms with Crippen molar-refractivity contribution in [3.05, 3.63) is 29.8 Å².